The Morgan fingerprint density at radius 3 is 2.41 bits per heavy atom. The number of fused-ring (bicyclic) bond motifs is 1. The van der Waals surface area contributed by atoms with Crippen LogP contribution in [-0.4, -0.2) is 97.5 Å². The number of hydrogen-bond donors (Lipinski definition) is 2. The second-order valence-corrected chi connectivity index (χ2v) is 11.3. The normalized spacial score (nSPS) is 21.8. The van der Waals surface area contributed by atoms with E-state index in [2.05, 4.69) is 44.5 Å². The summed E-state index contributed by atoms with van der Waals surface area (Å²) in [7, 11) is 0. The molecule has 41 heavy (non-hydrogen) atoms. The summed E-state index contributed by atoms with van der Waals surface area (Å²) in [6, 6.07) is 15.9. The number of benzene rings is 1. The lowest BCUT2D eigenvalue weighted by atomic mass is 9.94. The van der Waals surface area contributed by atoms with Crippen molar-refractivity contribution in [3.63, 3.8) is 0 Å². The van der Waals surface area contributed by atoms with Gasteiger partial charge in [-0.1, -0.05) is 30.3 Å². The zero-order valence-corrected chi connectivity index (χ0v) is 23.4. The summed E-state index contributed by atoms with van der Waals surface area (Å²) in [4.78, 5) is 45.1. The van der Waals surface area contributed by atoms with Crippen LogP contribution in [0.4, 0.5) is 5.82 Å². The molecule has 2 amide bonds. The number of pyridine rings is 1. The Kier molecular flexibility index (Phi) is 7.93. The minimum absolute atomic E-state index is 0.0139. The lowest BCUT2D eigenvalue weighted by Crippen LogP contribution is -2.56. The van der Waals surface area contributed by atoms with Crippen molar-refractivity contribution >= 4 is 17.6 Å². The van der Waals surface area contributed by atoms with Gasteiger partial charge in [-0.05, 0) is 48.9 Å². The van der Waals surface area contributed by atoms with Crippen LogP contribution in [0.5, 0.6) is 0 Å². The molecule has 3 aliphatic heterocycles. The second kappa shape index (κ2) is 11.9. The highest BCUT2D eigenvalue weighted by molar-refractivity contribution is 5.93. The predicted molar refractivity (Wildman–Crippen MR) is 155 cm³/mol. The zero-order valence-electron chi connectivity index (χ0n) is 23.4. The number of carbonyl (C=O) groups is 2. The first-order valence-corrected chi connectivity index (χ1v) is 14.6. The molecule has 3 aliphatic rings. The van der Waals surface area contributed by atoms with Gasteiger partial charge in [-0.15, -0.1) is 0 Å². The van der Waals surface area contributed by atoms with Crippen molar-refractivity contribution in [1.82, 2.24) is 29.7 Å². The fourth-order valence-corrected chi connectivity index (χ4v) is 6.28. The number of rotatable bonds is 5. The molecule has 10 heteroatoms. The van der Waals surface area contributed by atoms with Crippen molar-refractivity contribution in [2.24, 2.45) is 0 Å². The first-order chi connectivity index (χ1) is 19.9. The number of aromatic nitrogens is 3. The van der Waals surface area contributed by atoms with Gasteiger partial charge in [0, 0.05) is 70.5 Å². The Morgan fingerprint density at radius 2 is 1.68 bits per heavy atom. The molecule has 2 fully saturated rings. The average molecular weight is 556 g/mol. The Bertz CT molecular complexity index is 1390. The molecule has 0 radical (unpaired) electrons. The van der Waals surface area contributed by atoms with Gasteiger partial charge in [0.25, 0.3) is 5.91 Å². The molecule has 1 aromatic carbocycles. The number of nitrogens with one attached hydrogen (secondary N) is 1. The number of carbonyl (C=O) groups excluding carboxylic acids is 2. The molecule has 10 nitrogen and oxygen atoms in total. The summed E-state index contributed by atoms with van der Waals surface area (Å²) in [5.41, 5.74) is 3.56. The fraction of sp³-hybridized carbons (Fsp3) is 0.452. The Morgan fingerprint density at radius 1 is 0.927 bits per heavy atom. The van der Waals surface area contributed by atoms with Crippen LogP contribution in [0, 0.1) is 0 Å². The molecule has 0 spiro atoms. The average Bonchev–Trinajstić information content (AvgIpc) is 3.01. The molecule has 214 valence electrons. The second-order valence-electron chi connectivity index (χ2n) is 11.3. The molecule has 3 aromatic rings. The Hall–Kier alpha value is -3.89. The quantitative estimate of drug-likeness (QED) is 0.494. The molecule has 0 unspecified atom stereocenters. The fourth-order valence-electron chi connectivity index (χ4n) is 6.28. The minimum Gasteiger partial charge on any atom is -0.390 e. The number of amides is 2. The van der Waals surface area contributed by atoms with Crippen LogP contribution in [-0.2, 0) is 17.8 Å². The van der Waals surface area contributed by atoms with Gasteiger partial charge >= 0.3 is 0 Å². The van der Waals surface area contributed by atoms with Crippen molar-refractivity contribution in [3.05, 3.63) is 71.5 Å². The number of β-amino-alcohol motifs (C(OH)–C–C–N with tert-alkyl or cyclic N) is 1. The summed E-state index contributed by atoms with van der Waals surface area (Å²) >= 11 is 0. The topological polar surface area (TPSA) is 115 Å². The number of anilines is 1. The molecule has 0 bridgehead atoms. The first-order valence-electron chi connectivity index (χ1n) is 14.6. The largest absolute Gasteiger partial charge is 0.390 e. The van der Waals surface area contributed by atoms with E-state index < -0.39 is 6.10 Å². The molecular weight excluding hydrogens is 518 g/mol. The molecule has 0 saturated carbocycles. The van der Waals surface area contributed by atoms with Crippen LogP contribution >= 0.6 is 0 Å². The lowest BCUT2D eigenvalue weighted by molar-refractivity contribution is -0.129. The number of nitrogens with zero attached hydrogens (tertiary/aromatic N) is 6. The van der Waals surface area contributed by atoms with Gasteiger partial charge in [0.05, 0.1) is 6.10 Å². The number of hydrogen-bond acceptors (Lipinski definition) is 8. The summed E-state index contributed by atoms with van der Waals surface area (Å²) in [6.07, 6.45) is 4.31. The van der Waals surface area contributed by atoms with E-state index in [0.717, 1.165) is 32.4 Å². The molecule has 0 aliphatic carbocycles. The maximum atomic E-state index is 13.8. The third-order valence-electron chi connectivity index (χ3n) is 8.59. The van der Waals surface area contributed by atoms with Gasteiger partial charge < -0.3 is 20.2 Å². The maximum absolute atomic E-state index is 13.8. The molecule has 5 heterocycles. The Labute approximate surface area is 240 Å². The van der Waals surface area contributed by atoms with Crippen LogP contribution in [0.15, 0.2) is 54.7 Å². The number of likely N-dealkylation sites (tertiary alicyclic amines) is 2. The van der Waals surface area contributed by atoms with E-state index in [4.69, 9.17) is 4.98 Å². The van der Waals surface area contributed by atoms with E-state index in [1.54, 1.807) is 24.1 Å². The number of aliphatic hydroxyl groups is 1. The van der Waals surface area contributed by atoms with Gasteiger partial charge in [0.1, 0.15) is 17.2 Å². The molecule has 6 rings (SSSR count). The summed E-state index contributed by atoms with van der Waals surface area (Å²) in [5.74, 6) is 0.808. The molecule has 2 atom stereocenters. The lowest BCUT2D eigenvalue weighted by Gasteiger charge is -2.43. The molecule has 2 aromatic heterocycles. The minimum atomic E-state index is -0.640. The van der Waals surface area contributed by atoms with Crippen molar-refractivity contribution in [3.8, 4) is 11.5 Å². The van der Waals surface area contributed by atoms with E-state index in [1.165, 1.54) is 11.1 Å². The SMILES string of the molecule is CC(=O)N1CCC(Nc2cc(C(=O)N3CC[C@H](N4CCc5ccccc5C4)[C@@H](O)C3)nc(-c3ccccn3)n2)CC1. The number of aliphatic hydroxyl groups excluding tert-OH is 1. The molecule has 2 saturated heterocycles. The summed E-state index contributed by atoms with van der Waals surface area (Å²) in [5, 5.41) is 14.7. The van der Waals surface area contributed by atoms with Gasteiger partial charge in [-0.2, -0.15) is 0 Å². The van der Waals surface area contributed by atoms with Crippen molar-refractivity contribution < 1.29 is 14.7 Å². The monoisotopic (exact) mass is 555 g/mol. The van der Waals surface area contributed by atoms with Crippen LogP contribution < -0.4 is 5.32 Å². The maximum Gasteiger partial charge on any atom is 0.272 e. The van der Waals surface area contributed by atoms with Crippen molar-refractivity contribution in [1.29, 1.82) is 0 Å². The van der Waals surface area contributed by atoms with Crippen LogP contribution in [0.3, 0.4) is 0 Å². The van der Waals surface area contributed by atoms with Gasteiger partial charge in [-0.25, -0.2) is 9.97 Å². The highest BCUT2D eigenvalue weighted by atomic mass is 16.3. The van der Waals surface area contributed by atoms with E-state index in [-0.39, 0.29) is 36.1 Å². The van der Waals surface area contributed by atoms with E-state index in [0.29, 0.717) is 43.4 Å². The molecular formula is C31H37N7O3. The Balaban J connectivity index is 1.17. The van der Waals surface area contributed by atoms with Crippen molar-refractivity contribution in [2.75, 3.05) is 38.0 Å². The summed E-state index contributed by atoms with van der Waals surface area (Å²) in [6.45, 7) is 5.52. The van der Waals surface area contributed by atoms with Crippen LogP contribution in [0.1, 0.15) is 47.8 Å². The van der Waals surface area contributed by atoms with Gasteiger partial charge in [0.2, 0.25) is 5.91 Å². The highest BCUT2D eigenvalue weighted by Crippen LogP contribution is 2.27. The van der Waals surface area contributed by atoms with Crippen LogP contribution in [0.2, 0.25) is 0 Å². The van der Waals surface area contributed by atoms with Crippen molar-refractivity contribution in [2.45, 2.75) is 57.3 Å². The third kappa shape index (κ3) is 6.08. The smallest absolute Gasteiger partial charge is 0.272 e. The summed E-state index contributed by atoms with van der Waals surface area (Å²) < 4.78 is 0. The third-order valence-corrected chi connectivity index (χ3v) is 8.59. The standard InChI is InChI=1S/C31H37N7O3/c1-21(39)36-15-10-24(11-16-36)33-29-18-26(34-30(35-29)25-8-4-5-13-32-25)31(41)38-17-12-27(28(40)20-38)37-14-9-22-6-2-3-7-23(22)19-37/h2-8,13,18,24,27-28,40H,9-12,14-17,19-20H2,1H3,(H,33,34,35)/t27-,28-/m0/s1. The highest BCUT2D eigenvalue weighted by Gasteiger charge is 2.36. The van der Waals surface area contributed by atoms with Gasteiger partial charge in [0.15, 0.2) is 5.82 Å². The molecule has 2 N–H and O–H groups in total. The van der Waals surface area contributed by atoms with Gasteiger partial charge in [-0.3, -0.25) is 19.5 Å². The van der Waals surface area contributed by atoms with E-state index in [9.17, 15) is 14.7 Å². The van der Waals surface area contributed by atoms with E-state index in [1.807, 2.05) is 23.1 Å². The number of piperidine rings is 2. The predicted octanol–water partition coefficient (Wildman–Crippen LogP) is 2.60. The van der Waals surface area contributed by atoms with Crippen LogP contribution in [0.25, 0.3) is 11.5 Å². The zero-order chi connectivity index (χ0) is 28.3. The van der Waals surface area contributed by atoms with E-state index >= 15 is 0 Å². The first kappa shape index (κ1) is 27.3.